The number of ether oxygens (including phenoxy) is 2. The first kappa shape index (κ1) is 16.8. The Hall–Kier alpha value is -2.67. The molecule has 3 aromatic rings. The van der Waals surface area contributed by atoms with Crippen LogP contribution < -0.4 is 4.74 Å². The SMILES string of the molecule is Cc1cc(C)n(-c2ccc(OCc3nnc(C4CCCOC4)o3)cc2)n1. The Balaban J connectivity index is 1.37. The lowest BCUT2D eigenvalue weighted by Crippen LogP contribution is -2.15. The minimum Gasteiger partial charge on any atom is -0.484 e. The predicted molar refractivity (Wildman–Crippen MR) is 94.5 cm³/mol. The first-order chi connectivity index (χ1) is 12.7. The van der Waals surface area contributed by atoms with Crippen molar-refractivity contribution in [3.8, 4) is 11.4 Å². The molecule has 0 bridgehead atoms. The van der Waals surface area contributed by atoms with E-state index in [1.807, 2.05) is 42.8 Å². The van der Waals surface area contributed by atoms with Crippen LogP contribution in [0.1, 0.15) is 41.9 Å². The summed E-state index contributed by atoms with van der Waals surface area (Å²) in [6.45, 7) is 5.73. The first-order valence-corrected chi connectivity index (χ1v) is 8.85. The molecule has 7 nitrogen and oxygen atoms in total. The van der Waals surface area contributed by atoms with Crippen LogP contribution in [0.4, 0.5) is 0 Å². The van der Waals surface area contributed by atoms with Crippen LogP contribution in [-0.4, -0.2) is 33.2 Å². The van der Waals surface area contributed by atoms with Crippen LogP contribution in [0.5, 0.6) is 5.75 Å². The highest BCUT2D eigenvalue weighted by Crippen LogP contribution is 2.24. The molecule has 0 amide bonds. The Bertz CT molecular complexity index is 863. The third kappa shape index (κ3) is 3.62. The Kier molecular flexibility index (Phi) is 4.71. The van der Waals surface area contributed by atoms with Crippen molar-refractivity contribution in [2.75, 3.05) is 13.2 Å². The zero-order chi connectivity index (χ0) is 17.9. The quantitative estimate of drug-likeness (QED) is 0.699. The minimum atomic E-state index is 0.199. The van der Waals surface area contributed by atoms with Gasteiger partial charge in [-0.15, -0.1) is 10.2 Å². The lowest BCUT2D eigenvalue weighted by atomic mass is 10.0. The topological polar surface area (TPSA) is 75.2 Å². The summed E-state index contributed by atoms with van der Waals surface area (Å²) in [5, 5.41) is 12.7. The molecule has 0 spiro atoms. The van der Waals surface area contributed by atoms with E-state index in [0.29, 0.717) is 18.4 Å². The minimum absolute atomic E-state index is 0.199. The molecule has 1 unspecified atom stereocenters. The van der Waals surface area contributed by atoms with Gasteiger partial charge in [-0.3, -0.25) is 0 Å². The van der Waals surface area contributed by atoms with Crippen LogP contribution >= 0.6 is 0 Å². The Morgan fingerprint density at radius 3 is 2.73 bits per heavy atom. The maximum atomic E-state index is 5.76. The molecule has 136 valence electrons. The van der Waals surface area contributed by atoms with Gasteiger partial charge in [0.15, 0.2) is 6.61 Å². The van der Waals surface area contributed by atoms with Crippen LogP contribution in [0.3, 0.4) is 0 Å². The second kappa shape index (κ2) is 7.29. The van der Waals surface area contributed by atoms with Crippen molar-refractivity contribution in [1.29, 1.82) is 0 Å². The van der Waals surface area contributed by atoms with E-state index in [0.717, 1.165) is 42.3 Å². The molecule has 0 aliphatic carbocycles. The molecule has 7 heteroatoms. The first-order valence-electron chi connectivity index (χ1n) is 8.85. The average molecular weight is 354 g/mol. The van der Waals surface area contributed by atoms with Crippen LogP contribution in [0, 0.1) is 13.8 Å². The normalized spacial score (nSPS) is 17.4. The molecule has 0 N–H and O–H groups in total. The van der Waals surface area contributed by atoms with Gasteiger partial charge in [-0.1, -0.05) is 0 Å². The molecule has 0 radical (unpaired) electrons. The van der Waals surface area contributed by atoms with E-state index >= 15 is 0 Å². The highest BCUT2D eigenvalue weighted by Gasteiger charge is 2.22. The molecule has 2 aromatic heterocycles. The summed E-state index contributed by atoms with van der Waals surface area (Å²) in [4.78, 5) is 0. The monoisotopic (exact) mass is 354 g/mol. The van der Waals surface area contributed by atoms with Crippen molar-refractivity contribution in [3.05, 3.63) is 53.5 Å². The van der Waals surface area contributed by atoms with Crippen molar-refractivity contribution in [3.63, 3.8) is 0 Å². The van der Waals surface area contributed by atoms with E-state index in [2.05, 4.69) is 21.4 Å². The molecular weight excluding hydrogens is 332 g/mol. The van der Waals surface area contributed by atoms with Crippen molar-refractivity contribution >= 4 is 0 Å². The lowest BCUT2D eigenvalue weighted by molar-refractivity contribution is 0.0717. The van der Waals surface area contributed by atoms with Gasteiger partial charge in [0, 0.05) is 12.3 Å². The maximum Gasteiger partial charge on any atom is 0.253 e. The van der Waals surface area contributed by atoms with Crippen molar-refractivity contribution in [2.45, 2.75) is 39.2 Å². The molecule has 26 heavy (non-hydrogen) atoms. The van der Waals surface area contributed by atoms with Crippen molar-refractivity contribution < 1.29 is 13.9 Å². The largest absolute Gasteiger partial charge is 0.484 e. The van der Waals surface area contributed by atoms with Crippen LogP contribution in [0.25, 0.3) is 5.69 Å². The van der Waals surface area contributed by atoms with Gasteiger partial charge in [0.1, 0.15) is 5.75 Å². The zero-order valence-corrected chi connectivity index (χ0v) is 15.0. The van der Waals surface area contributed by atoms with Gasteiger partial charge in [0.25, 0.3) is 5.89 Å². The average Bonchev–Trinajstić information content (AvgIpc) is 3.27. The predicted octanol–water partition coefficient (Wildman–Crippen LogP) is 3.35. The molecule has 1 aliphatic rings. The van der Waals surface area contributed by atoms with Crippen LogP contribution in [0.15, 0.2) is 34.7 Å². The van der Waals surface area contributed by atoms with E-state index in [4.69, 9.17) is 13.9 Å². The second-order valence-electron chi connectivity index (χ2n) is 6.57. The Labute approximate surface area is 151 Å². The van der Waals surface area contributed by atoms with Gasteiger partial charge >= 0.3 is 0 Å². The summed E-state index contributed by atoms with van der Waals surface area (Å²) in [7, 11) is 0. The van der Waals surface area contributed by atoms with E-state index in [9.17, 15) is 0 Å². The van der Waals surface area contributed by atoms with Gasteiger partial charge < -0.3 is 13.9 Å². The highest BCUT2D eigenvalue weighted by atomic mass is 16.5. The van der Waals surface area contributed by atoms with Gasteiger partial charge in [0.05, 0.1) is 23.9 Å². The molecule has 1 aliphatic heterocycles. The van der Waals surface area contributed by atoms with E-state index in [-0.39, 0.29) is 12.5 Å². The fraction of sp³-hybridized carbons (Fsp3) is 0.421. The third-order valence-corrected chi connectivity index (χ3v) is 4.45. The summed E-state index contributed by atoms with van der Waals surface area (Å²) < 4.78 is 18.9. The molecule has 1 saturated heterocycles. The highest BCUT2D eigenvalue weighted by molar-refractivity contribution is 5.38. The number of benzene rings is 1. The summed E-state index contributed by atoms with van der Waals surface area (Å²) in [5.41, 5.74) is 3.10. The molecule has 1 aromatic carbocycles. The second-order valence-corrected chi connectivity index (χ2v) is 6.57. The summed E-state index contributed by atoms with van der Waals surface area (Å²) in [6.07, 6.45) is 2.05. The van der Waals surface area contributed by atoms with E-state index < -0.39 is 0 Å². The maximum absolute atomic E-state index is 5.76. The van der Waals surface area contributed by atoms with Crippen molar-refractivity contribution in [1.82, 2.24) is 20.0 Å². The summed E-state index contributed by atoms with van der Waals surface area (Å²) in [6, 6.07) is 9.84. The van der Waals surface area contributed by atoms with Gasteiger partial charge in [-0.25, -0.2) is 4.68 Å². The molecule has 1 fully saturated rings. The number of nitrogens with zero attached hydrogens (tertiary/aromatic N) is 4. The zero-order valence-electron chi connectivity index (χ0n) is 15.0. The van der Waals surface area contributed by atoms with Gasteiger partial charge in [-0.05, 0) is 57.0 Å². The van der Waals surface area contributed by atoms with Gasteiger partial charge in [0.2, 0.25) is 5.89 Å². The lowest BCUT2D eigenvalue weighted by Gasteiger charge is -2.18. The van der Waals surface area contributed by atoms with Crippen LogP contribution in [0.2, 0.25) is 0 Å². The molecule has 3 heterocycles. The number of hydrogen-bond acceptors (Lipinski definition) is 6. The van der Waals surface area contributed by atoms with E-state index in [1.165, 1.54) is 0 Å². The van der Waals surface area contributed by atoms with Crippen LogP contribution in [-0.2, 0) is 11.3 Å². The fourth-order valence-electron chi connectivity index (χ4n) is 3.14. The van der Waals surface area contributed by atoms with Gasteiger partial charge in [-0.2, -0.15) is 5.10 Å². The molecular formula is C19H22N4O3. The van der Waals surface area contributed by atoms with E-state index in [1.54, 1.807) is 0 Å². The third-order valence-electron chi connectivity index (χ3n) is 4.45. The Morgan fingerprint density at radius 1 is 1.19 bits per heavy atom. The Morgan fingerprint density at radius 2 is 2.04 bits per heavy atom. The molecule has 1 atom stereocenters. The number of rotatable bonds is 5. The molecule has 0 saturated carbocycles. The standard InChI is InChI=1S/C19H22N4O3/c1-13-10-14(2)23(22-13)16-5-7-17(8-6-16)25-12-18-20-21-19(26-18)15-4-3-9-24-11-15/h5-8,10,15H,3-4,9,11-12H2,1-2H3. The summed E-state index contributed by atoms with van der Waals surface area (Å²) in [5.74, 6) is 2.07. The smallest absolute Gasteiger partial charge is 0.253 e. The van der Waals surface area contributed by atoms with Crippen molar-refractivity contribution in [2.24, 2.45) is 0 Å². The number of aryl methyl sites for hydroxylation is 2. The fourth-order valence-corrected chi connectivity index (χ4v) is 3.14. The number of aromatic nitrogens is 4. The number of hydrogen-bond donors (Lipinski definition) is 0. The summed E-state index contributed by atoms with van der Waals surface area (Å²) >= 11 is 0. The molecule has 4 rings (SSSR count).